The number of hydrogen-bond donors (Lipinski definition) is 0. The predicted molar refractivity (Wildman–Crippen MR) is 146 cm³/mol. The topological polar surface area (TPSA) is 65.5 Å². The number of benzene rings is 2. The van der Waals surface area contributed by atoms with E-state index in [1.165, 1.54) is 27.3 Å². The normalized spacial score (nSPS) is 17.9. The maximum atomic E-state index is 14.8. The lowest BCUT2D eigenvalue weighted by Gasteiger charge is -2.31. The summed E-state index contributed by atoms with van der Waals surface area (Å²) in [7, 11) is 0. The Balaban J connectivity index is 1.41. The van der Waals surface area contributed by atoms with Gasteiger partial charge in [-0.2, -0.15) is 5.10 Å². The van der Waals surface area contributed by atoms with Gasteiger partial charge >= 0.3 is 0 Å². The summed E-state index contributed by atoms with van der Waals surface area (Å²) in [6.07, 6.45) is 0.388. The van der Waals surface area contributed by atoms with Crippen molar-refractivity contribution in [1.82, 2.24) is 14.8 Å². The summed E-state index contributed by atoms with van der Waals surface area (Å²) in [5.41, 5.74) is 1.45. The van der Waals surface area contributed by atoms with Gasteiger partial charge in [-0.05, 0) is 29.6 Å². The zero-order valence-electron chi connectivity index (χ0n) is 20.8. The molecule has 0 unspecified atom stereocenters. The van der Waals surface area contributed by atoms with Gasteiger partial charge < -0.3 is 9.64 Å². The second kappa shape index (κ2) is 12.2. The van der Waals surface area contributed by atoms with Crippen LogP contribution in [0.25, 0.3) is 0 Å². The van der Waals surface area contributed by atoms with Crippen LogP contribution in [0.2, 0.25) is 5.02 Å². The van der Waals surface area contributed by atoms with Gasteiger partial charge in [0.05, 0.1) is 40.4 Å². The number of carbonyl (C=O) groups is 2. The van der Waals surface area contributed by atoms with Crippen molar-refractivity contribution in [3.05, 3.63) is 92.9 Å². The number of halogens is 2. The van der Waals surface area contributed by atoms with Gasteiger partial charge in [0, 0.05) is 38.2 Å². The third kappa shape index (κ3) is 5.96. The van der Waals surface area contributed by atoms with Crippen LogP contribution in [0.1, 0.15) is 33.3 Å². The minimum Gasteiger partial charge on any atom is -0.379 e. The van der Waals surface area contributed by atoms with Crippen molar-refractivity contribution >= 4 is 40.5 Å². The standard InChI is InChI=1S/C28H28ClFN4O3S/c29-22-8-3-1-6-20(22)28(36)33(12-11-32-13-15-37-16-14-32)19-27(35)34-25(21-7-2-4-9-23(21)30)18-24(31-34)26-10-5-17-38-26/h1-10,17,25H,11-16,18-19H2/t25-/m1/s1. The van der Waals surface area contributed by atoms with Crippen LogP contribution in [0, 0.1) is 5.82 Å². The molecular weight excluding hydrogens is 527 g/mol. The molecule has 0 radical (unpaired) electrons. The average molecular weight is 555 g/mol. The molecule has 3 heterocycles. The van der Waals surface area contributed by atoms with E-state index in [1.54, 1.807) is 42.5 Å². The molecular formula is C28H28ClFN4O3S. The molecule has 1 saturated heterocycles. The fraction of sp³-hybridized carbons (Fsp3) is 0.321. The smallest absolute Gasteiger partial charge is 0.262 e. The highest BCUT2D eigenvalue weighted by molar-refractivity contribution is 7.12. The average Bonchev–Trinajstić information content (AvgIpc) is 3.62. The van der Waals surface area contributed by atoms with Crippen molar-refractivity contribution in [3.8, 4) is 0 Å². The lowest BCUT2D eigenvalue weighted by atomic mass is 10.0. The predicted octanol–water partition coefficient (Wildman–Crippen LogP) is 4.69. The molecule has 10 heteroatoms. The third-order valence-corrected chi connectivity index (χ3v) is 7.99. The van der Waals surface area contributed by atoms with E-state index < -0.39 is 11.9 Å². The van der Waals surface area contributed by atoms with Gasteiger partial charge in [0.25, 0.3) is 11.8 Å². The highest BCUT2D eigenvalue weighted by Crippen LogP contribution is 2.35. The highest BCUT2D eigenvalue weighted by atomic mass is 35.5. The Labute approximate surface area is 230 Å². The Morgan fingerprint density at radius 1 is 1.08 bits per heavy atom. The molecule has 198 valence electrons. The van der Waals surface area contributed by atoms with Crippen molar-refractivity contribution in [2.75, 3.05) is 45.9 Å². The van der Waals surface area contributed by atoms with Crippen LogP contribution in [0.4, 0.5) is 4.39 Å². The first-order chi connectivity index (χ1) is 18.5. The van der Waals surface area contributed by atoms with E-state index in [1.807, 2.05) is 17.5 Å². The molecule has 5 rings (SSSR count). The molecule has 7 nitrogen and oxygen atoms in total. The van der Waals surface area contributed by atoms with Gasteiger partial charge in [0.1, 0.15) is 12.4 Å². The van der Waals surface area contributed by atoms with Gasteiger partial charge in [-0.3, -0.25) is 14.5 Å². The SMILES string of the molecule is O=C(c1ccccc1Cl)N(CCN1CCOCC1)CC(=O)N1N=C(c2cccs2)C[C@@H]1c1ccccc1F. The monoisotopic (exact) mass is 554 g/mol. The van der Waals surface area contributed by atoms with Crippen molar-refractivity contribution in [2.24, 2.45) is 5.10 Å². The number of thiophene rings is 1. The molecule has 0 saturated carbocycles. The summed E-state index contributed by atoms with van der Waals surface area (Å²) in [5, 5.41) is 8.24. The Bertz CT molecular complexity index is 1310. The van der Waals surface area contributed by atoms with E-state index in [4.69, 9.17) is 16.3 Å². The maximum Gasteiger partial charge on any atom is 0.262 e. The van der Waals surface area contributed by atoms with Gasteiger partial charge in [-0.15, -0.1) is 11.3 Å². The zero-order chi connectivity index (χ0) is 26.5. The maximum absolute atomic E-state index is 14.8. The fourth-order valence-electron chi connectivity index (χ4n) is 4.70. The number of hydrazone groups is 1. The van der Waals surface area contributed by atoms with Crippen LogP contribution in [-0.2, 0) is 9.53 Å². The first-order valence-corrected chi connectivity index (χ1v) is 13.8. The van der Waals surface area contributed by atoms with Gasteiger partial charge in [0.15, 0.2) is 0 Å². The summed E-state index contributed by atoms with van der Waals surface area (Å²) < 4.78 is 20.3. The summed E-state index contributed by atoms with van der Waals surface area (Å²) in [6, 6.07) is 16.5. The molecule has 0 N–H and O–H groups in total. The molecule has 1 atom stereocenters. The number of amides is 2. The van der Waals surface area contributed by atoms with E-state index in [-0.39, 0.29) is 18.4 Å². The molecule has 0 spiro atoms. The van der Waals surface area contributed by atoms with E-state index in [0.717, 1.165) is 23.7 Å². The molecule has 0 aliphatic carbocycles. The number of morpholine rings is 1. The highest BCUT2D eigenvalue weighted by Gasteiger charge is 2.36. The number of rotatable bonds is 8. The number of hydrogen-bond acceptors (Lipinski definition) is 6. The second-order valence-electron chi connectivity index (χ2n) is 9.16. The molecule has 1 aromatic heterocycles. The molecule has 2 aromatic carbocycles. The van der Waals surface area contributed by atoms with Crippen LogP contribution in [0.3, 0.4) is 0 Å². The lowest BCUT2D eigenvalue weighted by Crippen LogP contribution is -2.46. The second-order valence-corrected chi connectivity index (χ2v) is 10.5. The van der Waals surface area contributed by atoms with Gasteiger partial charge in [0.2, 0.25) is 0 Å². The van der Waals surface area contributed by atoms with Crippen LogP contribution < -0.4 is 0 Å². The van der Waals surface area contributed by atoms with Crippen LogP contribution in [0.15, 0.2) is 71.1 Å². The number of carbonyl (C=O) groups excluding carboxylic acids is 2. The van der Waals surface area contributed by atoms with Crippen molar-refractivity contribution in [2.45, 2.75) is 12.5 Å². The molecule has 2 aliphatic heterocycles. The Morgan fingerprint density at radius 2 is 1.84 bits per heavy atom. The van der Waals surface area contributed by atoms with Crippen molar-refractivity contribution < 1.29 is 18.7 Å². The molecule has 2 amide bonds. The molecule has 1 fully saturated rings. The summed E-state index contributed by atoms with van der Waals surface area (Å²) in [6.45, 7) is 3.50. The summed E-state index contributed by atoms with van der Waals surface area (Å²) in [5.74, 6) is -1.11. The van der Waals surface area contributed by atoms with Crippen LogP contribution in [0.5, 0.6) is 0 Å². The summed E-state index contributed by atoms with van der Waals surface area (Å²) in [4.78, 5) is 32.0. The fourth-order valence-corrected chi connectivity index (χ4v) is 5.64. The minimum absolute atomic E-state index is 0.208. The number of nitrogens with zero attached hydrogens (tertiary/aromatic N) is 4. The lowest BCUT2D eigenvalue weighted by molar-refractivity contribution is -0.133. The Kier molecular flexibility index (Phi) is 8.48. The van der Waals surface area contributed by atoms with E-state index in [2.05, 4.69) is 10.0 Å². The van der Waals surface area contributed by atoms with Crippen LogP contribution >= 0.6 is 22.9 Å². The van der Waals surface area contributed by atoms with Crippen molar-refractivity contribution in [1.29, 1.82) is 0 Å². The number of ether oxygens (including phenoxy) is 1. The van der Waals surface area contributed by atoms with E-state index in [9.17, 15) is 14.0 Å². The molecule has 3 aromatic rings. The van der Waals surface area contributed by atoms with E-state index in [0.29, 0.717) is 48.9 Å². The quantitative estimate of drug-likeness (QED) is 0.405. The van der Waals surface area contributed by atoms with Gasteiger partial charge in [-0.25, -0.2) is 9.40 Å². The molecule has 0 bridgehead atoms. The largest absolute Gasteiger partial charge is 0.379 e. The first-order valence-electron chi connectivity index (χ1n) is 12.5. The Hall–Kier alpha value is -3.11. The van der Waals surface area contributed by atoms with E-state index >= 15 is 0 Å². The molecule has 38 heavy (non-hydrogen) atoms. The molecule has 2 aliphatic rings. The van der Waals surface area contributed by atoms with Crippen molar-refractivity contribution in [3.63, 3.8) is 0 Å². The first kappa shape index (κ1) is 26.5. The summed E-state index contributed by atoms with van der Waals surface area (Å²) >= 11 is 7.86. The van der Waals surface area contributed by atoms with Crippen LogP contribution in [-0.4, -0.2) is 78.3 Å². The third-order valence-electron chi connectivity index (χ3n) is 6.74. The minimum atomic E-state index is -0.600. The van der Waals surface area contributed by atoms with Gasteiger partial charge in [-0.1, -0.05) is 48.0 Å². The Morgan fingerprint density at radius 3 is 2.58 bits per heavy atom. The zero-order valence-corrected chi connectivity index (χ0v) is 22.3.